The number of ether oxygens (including phenoxy) is 2. The third-order valence-corrected chi connectivity index (χ3v) is 7.17. The summed E-state index contributed by atoms with van der Waals surface area (Å²) in [7, 11) is 1.51. The lowest BCUT2D eigenvalue weighted by molar-refractivity contribution is 0.0848. The number of rotatable bonds is 6. The number of aromatic nitrogens is 1. The lowest BCUT2D eigenvalue weighted by atomic mass is 10.00. The minimum Gasteiger partial charge on any atom is -0.493 e. The second kappa shape index (κ2) is 10.6. The van der Waals surface area contributed by atoms with Crippen molar-refractivity contribution in [2.45, 2.75) is 45.1 Å². The molecule has 0 radical (unpaired) electrons. The summed E-state index contributed by atoms with van der Waals surface area (Å²) in [5.74, 6) is 0.206. The fraction of sp³-hybridized carbons (Fsp3) is 0.348. The Morgan fingerprint density at radius 2 is 1.84 bits per heavy atom. The van der Waals surface area contributed by atoms with Crippen LogP contribution in [0.1, 0.15) is 61.8 Å². The fourth-order valence-corrected chi connectivity index (χ4v) is 5.28. The number of hydrogen-bond donors (Lipinski definition) is 2. The third kappa shape index (κ3) is 5.46. The van der Waals surface area contributed by atoms with Gasteiger partial charge in [0.05, 0.1) is 23.2 Å². The number of carbonyl (C=O) groups is 2. The summed E-state index contributed by atoms with van der Waals surface area (Å²) in [5, 5.41) is 1.91. The topological polar surface area (TPSA) is 89.6 Å². The van der Waals surface area contributed by atoms with Crippen LogP contribution in [0.4, 0.5) is 0 Å². The van der Waals surface area contributed by atoms with Crippen molar-refractivity contribution in [1.29, 1.82) is 0 Å². The van der Waals surface area contributed by atoms with Crippen molar-refractivity contribution in [3.05, 3.63) is 61.7 Å². The average Bonchev–Trinajstić information content (AvgIpc) is 3.45. The van der Waals surface area contributed by atoms with Crippen LogP contribution >= 0.6 is 22.7 Å². The van der Waals surface area contributed by atoms with E-state index in [1.165, 1.54) is 53.1 Å². The first-order valence-electron chi connectivity index (χ1n) is 10.5. The number of aryl methyl sites for hydroxylation is 2. The first-order valence-corrected chi connectivity index (χ1v) is 12.3. The van der Waals surface area contributed by atoms with Crippen LogP contribution in [0.2, 0.25) is 0 Å². The summed E-state index contributed by atoms with van der Waals surface area (Å²) in [4.78, 5) is 31.2. The highest BCUT2D eigenvalue weighted by Gasteiger charge is 2.17. The van der Waals surface area contributed by atoms with Crippen LogP contribution in [0.5, 0.6) is 11.5 Å². The molecule has 2 aromatic heterocycles. The maximum Gasteiger partial charge on any atom is 0.279 e. The summed E-state index contributed by atoms with van der Waals surface area (Å²) < 4.78 is 11.1. The standard InChI is InChI=1S/C23H25N3O4S2/c1-29-19-10-16(8-9-18(19)30-12-17-13-31-14-24-17)22(27)25-26-23(28)21-11-15-6-4-2-3-5-7-20(15)32-21/h8-11,13-14H,2-7,12H2,1H3,(H,25,27)(H,26,28). The number of thiazole rings is 1. The van der Waals surface area contributed by atoms with Crippen LogP contribution in [0.25, 0.3) is 0 Å². The average molecular weight is 472 g/mol. The van der Waals surface area contributed by atoms with E-state index in [9.17, 15) is 9.59 Å². The Labute approximate surface area is 194 Å². The minimum atomic E-state index is -0.433. The van der Waals surface area contributed by atoms with Crippen LogP contribution in [0, 0.1) is 0 Å². The molecule has 4 rings (SSSR count). The molecule has 0 fully saturated rings. The van der Waals surface area contributed by atoms with Gasteiger partial charge in [-0.1, -0.05) is 12.8 Å². The number of benzene rings is 1. The van der Waals surface area contributed by atoms with Gasteiger partial charge in [0.15, 0.2) is 11.5 Å². The van der Waals surface area contributed by atoms with Crippen LogP contribution in [-0.4, -0.2) is 23.9 Å². The highest BCUT2D eigenvalue weighted by Crippen LogP contribution is 2.30. The molecular formula is C23H25N3O4S2. The van der Waals surface area contributed by atoms with Crippen molar-refractivity contribution in [1.82, 2.24) is 15.8 Å². The molecule has 7 nitrogen and oxygen atoms in total. The second-order valence-corrected chi connectivity index (χ2v) is 9.37. The number of hydrazine groups is 1. The first kappa shape index (κ1) is 22.3. The summed E-state index contributed by atoms with van der Waals surface area (Å²) in [6.07, 6.45) is 6.85. The number of methoxy groups -OCH3 is 1. The minimum absolute atomic E-state index is 0.301. The monoisotopic (exact) mass is 471 g/mol. The molecule has 0 saturated carbocycles. The Hall–Kier alpha value is -2.91. The summed E-state index contributed by atoms with van der Waals surface area (Å²) in [6, 6.07) is 6.83. The van der Waals surface area contributed by atoms with Gasteiger partial charge >= 0.3 is 0 Å². The van der Waals surface area contributed by atoms with Crippen molar-refractivity contribution in [2.24, 2.45) is 0 Å². The van der Waals surface area contributed by atoms with Crippen molar-refractivity contribution in [2.75, 3.05) is 7.11 Å². The normalized spacial score (nSPS) is 13.4. The van der Waals surface area contributed by atoms with E-state index in [0.717, 1.165) is 31.4 Å². The van der Waals surface area contributed by atoms with Gasteiger partial charge in [0.2, 0.25) is 0 Å². The van der Waals surface area contributed by atoms with Gasteiger partial charge < -0.3 is 9.47 Å². The maximum absolute atomic E-state index is 12.6. The van der Waals surface area contributed by atoms with E-state index in [1.54, 1.807) is 23.7 Å². The lowest BCUT2D eigenvalue weighted by Crippen LogP contribution is -2.41. The molecule has 0 unspecified atom stereocenters. The Kier molecular flexibility index (Phi) is 7.39. The van der Waals surface area contributed by atoms with Crippen molar-refractivity contribution in [3.63, 3.8) is 0 Å². The van der Waals surface area contributed by atoms with Crippen LogP contribution < -0.4 is 20.3 Å². The molecule has 0 spiro atoms. The molecule has 2 heterocycles. The number of nitrogens with zero attached hydrogens (tertiary/aromatic N) is 1. The lowest BCUT2D eigenvalue weighted by Gasteiger charge is -2.12. The van der Waals surface area contributed by atoms with Crippen LogP contribution in [-0.2, 0) is 19.4 Å². The number of nitrogens with one attached hydrogen (secondary N) is 2. The van der Waals surface area contributed by atoms with Crippen LogP contribution in [0.3, 0.4) is 0 Å². The van der Waals surface area contributed by atoms with Crippen LogP contribution in [0.15, 0.2) is 35.2 Å². The molecule has 9 heteroatoms. The largest absolute Gasteiger partial charge is 0.493 e. The molecule has 2 N–H and O–H groups in total. The van der Waals surface area contributed by atoms with E-state index in [0.29, 0.717) is 28.5 Å². The maximum atomic E-state index is 12.6. The van der Waals surface area contributed by atoms with Gasteiger partial charge in [-0.05, 0) is 55.5 Å². The van der Waals surface area contributed by atoms with Crippen molar-refractivity contribution < 1.29 is 19.1 Å². The molecule has 0 aliphatic heterocycles. The Bertz CT molecular complexity index is 1050. The summed E-state index contributed by atoms with van der Waals surface area (Å²) in [6.45, 7) is 0.312. The Balaban J connectivity index is 1.36. The zero-order chi connectivity index (χ0) is 22.3. The number of fused-ring (bicyclic) bond motifs is 1. The molecule has 1 aromatic carbocycles. The molecule has 2 amide bonds. The number of hydrogen-bond acceptors (Lipinski definition) is 7. The Morgan fingerprint density at radius 3 is 2.62 bits per heavy atom. The molecular weight excluding hydrogens is 446 g/mol. The van der Waals surface area contributed by atoms with Gasteiger partial charge in [-0.15, -0.1) is 22.7 Å². The van der Waals surface area contributed by atoms with E-state index >= 15 is 0 Å². The summed E-state index contributed by atoms with van der Waals surface area (Å²) >= 11 is 3.02. The summed E-state index contributed by atoms with van der Waals surface area (Å²) in [5.41, 5.74) is 9.20. The fourth-order valence-electron chi connectivity index (χ4n) is 3.59. The van der Waals surface area contributed by atoms with Gasteiger partial charge in [-0.2, -0.15) is 0 Å². The number of thiophene rings is 1. The second-order valence-electron chi connectivity index (χ2n) is 7.52. The SMILES string of the molecule is COc1cc(C(=O)NNC(=O)c2cc3c(s2)CCCCCC3)ccc1OCc1cscn1. The number of amides is 2. The smallest absolute Gasteiger partial charge is 0.279 e. The highest BCUT2D eigenvalue weighted by molar-refractivity contribution is 7.14. The molecule has 32 heavy (non-hydrogen) atoms. The molecule has 168 valence electrons. The van der Waals surface area contributed by atoms with Gasteiger partial charge in [0, 0.05) is 15.8 Å². The zero-order valence-corrected chi connectivity index (χ0v) is 19.4. The molecule has 0 bridgehead atoms. The quantitative estimate of drug-likeness (QED) is 0.516. The molecule has 0 saturated heterocycles. The molecule has 0 atom stereocenters. The number of carbonyl (C=O) groups excluding carboxylic acids is 2. The first-order chi connectivity index (χ1) is 15.6. The van der Waals surface area contributed by atoms with Gasteiger partial charge in [0.1, 0.15) is 6.61 Å². The molecule has 3 aromatic rings. The predicted octanol–water partition coefficient (Wildman–Crippen LogP) is 4.53. The third-order valence-electron chi connectivity index (χ3n) is 5.29. The van der Waals surface area contributed by atoms with E-state index in [2.05, 4.69) is 15.8 Å². The van der Waals surface area contributed by atoms with Gasteiger partial charge in [-0.25, -0.2) is 4.98 Å². The Morgan fingerprint density at radius 1 is 1.03 bits per heavy atom. The van der Waals surface area contributed by atoms with E-state index < -0.39 is 5.91 Å². The highest BCUT2D eigenvalue weighted by atomic mass is 32.1. The van der Waals surface area contributed by atoms with E-state index in [-0.39, 0.29) is 5.91 Å². The van der Waals surface area contributed by atoms with Crippen molar-refractivity contribution >= 4 is 34.5 Å². The van der Waals surface area contributed by atoms with E-state index in [4.69, 9.17) is 9.47 Å². The predicted molar refractivity (Wildman–Crippen MR) is 125 cm³/mol. The molecule has 1 aliphatic rings. The zero-order valence-electron chi connectivity index (χ0n) is 17.8. The van der Waals surface area contributed by atoms with E-state index in [1.807, 2.05) is 11.4 Å². The van der Waals surface area contributed by atoms with Crippen molar-refractivity contribution in [3.8, 4) is 11.5 Å². The molecule has 1 aliphatic carbocycles. The van der Waals surface area contributed by atoms with Gasteiger partial charge in [0.25, 0.3) is 11.8 Å². The van der Waals surface area contributed by atoms with Gasteiger partial charge in [-0.3, -0.25) is 20.4 Å².